The Morgan fingerprint density at radius 3 is 2.75 bits per heavy atom. The van der Waals surface area contributed by atoms with Crippen molar-refractivity contribution >= 4 is 16.8 Å². The first-order valence-corrected chi connectivity index (χ1v) is 7.42. The van der Waals surface area contributed by atoms with Gasteiger partial charge in [-0.2, -0.15) is 0 Å². The van der Waals surface area contributed by atoms with Gasteiger partial charge in [0.2, 0.25) is 0 Å². The van der Waals surface area contributed by atoms with Crippen LogP contribution in [0.15, 0.2) is 48.7 Å². The van der Waals surface area contributed by atoms with Crippen LogP contribution in [0.1, 0.15) is 22.0 Å². The van der Waals surface area contributed by atoms with Gasteiger partial charge in [-0.3, -0.25) is 4.79 Å². The molecule has 3 aromatic rings. The standard InChI is InChI=1S/C18H16F2N2O2/c1-22-7-6-11-8-12(2-5-16(11)22)17(23)10-21-18(24)14-4-3-13(19)9-15(14)20/h2-9,17,23H,10H2,1H3,(H,21,24). The Balaban J connectivity index is 1.69. The molecule has 0 bridgehead atoms. The Hall–Kier alpha value is -2.73. The van der Waals surface area contributed by atoms with Crippen molar-refractivity contribution in [3.63, 3.8) is 0 Å². The van der Waals surface area contributed by atoms with Crippen molar-refractivity contribution in [3.05, 3.63) is 71.4 Å². The number of hydrogen-bond acceptors (Lipinski definition) is 2. The molecule has 24 heavy (non-hydrogen) atoms. The predicted octanol–water partition coefficient (Wildman–Crippen LogP) is 2.92. The number of hydrogen-bond donors (Lipinski definition) is 2. The number of aliphatic hydroxyl groups excluding tert-OH is 1. The molecule has 2 aromatic carbocycles. The normalized spacial score (nSPS) is 12.3. The number of amides is 1. The maximum absolute atomic E-state index is 13.6. The third-order valence-corrected chi connectivity index (χ3v) is 3.93. The molecule has 1 unspecified atom stereocenters. The van der Waals surface area contributed by atoms with Gasteiger partial charge in [-0.25, -0.2) is 8.78 Å². The molecule has 0 saturated carbocycles. The van der Waals surface area contributed by atoms with Crippen LogP contribution < -0.4 is 5.32 Å². The van der Waals surface area contributed by atoms with Gasteiger partial charge >= 0.3 is 0 Å². The summed E-state index contributed by atoms with van der Waals surface area (Å²) in [6.07, 6.45) is 0.988. The predicted molar refractivity (Wildman–Crippen MR) is 86.6 cm³/mol. The molecule has 1 atom stereocenters. The average molecular weight is 330 g/mol. The summed E-state index contributed by atoms with van der Waals surface area (Å²) in [7, 11) is 1.93. The number of nitrogens with zero attached hydrogens (tertiary/aromatic N) is 1. The highest BCUT2D eigenvalue weighted by Crippen LogP contribution is 2.21. The first-order chi connectivity index (χ1) is 11.5. The third-order valence-electron chi connectivity index (χ3n) is 3.93. The van der Waals surface area contributed by atoms with Crippen LogP contribution in [0.2, 0.25) is 0 Å². The van der Waals surface area contributed by atoms with Crippen LogP contribution >= 0.6 is 0 Å². The molecule has 1 heterocycles. The van der Waals surface area contributed by atoms with E-state index >= 15 is 0 Å². The zero-order valence-corrected chi connectivity index (χ0v) is 13.0. The fraction of sp³-hybridized carbons (Fsp3) is 0.167. The molecule has 0 aliphatic heterocycles. The molecule has 0 spiro atoms. The minimum atomic E-state index is -0.937. The lowest BCUT2D eigenvalue weighted by Gasteiger charge is -2.13. The van der Waals surface area contributed by atoms with E-state index in [4.69, 9.17) is 0 Å². The van der Waals surface area contributed by atoms with Gasteiger partial charge in [-0.15, -0.1) is 0 Å². The van der Waals surface area contributed by atoms with Crippen LogP contribution in [0.5, 0.6) is 0 Å². The SMILES string of the molecule is Cn1ccc2cc(C(O)CNC(=O)c3ccc(F)cc3F)ccc21. The minimum Gasteiger partial charge on any atom is -0.387 e. The van der Waals surface area contributed by atoms with Crippen LogP contribution in [0.4, 0.5) is 8.78 Å². The van der Waals surface area contributed by atoms with E-state index in [0.29, 0.717) is 11.6 Å². The average Bonchev–Trinajstić information content (AvgIpc) is 2.93. The quantitative estimate of drug-likeness (QED) is 0.773. The fourth-order valence-electron chi connectivity index (χ4n) is 2.58. The Morgan fingerprint density at radius 2 is 2.00 bits per heavy atom. The van der Waals surface area contributed by atoms with Gasteiger partial charge in [0, 0.05) is 31.4 Å². The zero-order valence-electron chi connectivity index (χ0n) is 13.0. The van der Waals surface area contributed by atoms with Gasteiger partial charge in [-0.1, -0.05) is 6.07 Å². The molecule has 0 saturated heterocycles. The number of halogens is 2. The van der Waals surface area contributed by atoms with Crippen molar-refractivity contribution in [1.29, 1.82) is 0 Å². The summed E-state index contributed by atoms with van der Waals surface area (Å²) < 4.78 is 28.4. The number of carbonyl (C=O) groups excluding carboxylic acids is 1. The van der Waals surface area contributed by atoms with Gasteiger partial charge in [0.1, 0.15) is 11.6 Å². The summed E-state index contributed by atoms with van der Waals surface area (Å²) in [4.78, 5) is 11.9. The van der Waals surface area contributed by atoms with E-state index in [1.807, 2.05) is 36.0 Å². The minimum absolute atomic E-state index is 0.0754. The number of nitrogens with one attached hydrogen (secondary N) is 1. The lowest BCUT2D eigenvalue weighted by molar-refractivity contribution is 0.0912. The lowest BCUT2D eigenvalue weighted by atomic mass is 10.1. The molecule has 1 amide bonds. The molecule has 1 aromatic heterocycles. The number of aromatic nitrogens is 1. The van der Waals surface area contributed by atoms with Crippen molar-refractivity contribution in [1.82, 2.24) is 9.88 Å². The summed E-state index contributed by atoms with van der Waals surface area (Å²) in [6, 6.07) is 10.2. The number of aliphatic hydroxyl groups is 1. The van der Waals surface area contributed by atoms with E-state index < -0.39 is 23.6 Å². The molecule has 0 aliphatic rings. The third kappa shape index (κ3) is 3.14. The maximum Gasteiger partial charge on any atom is 0.254 e. The summed E-state index contributed by atoms with van der Waals surface area (Å²) in [6.45, 7) is -0.0754. The largest absolute Gasteiger partial charge is 0.387 e. The molecule has 2 N–H and O–H groups in total. The summed E-state index contributed by atoms with van der Waals surface area (Å²) >= 11 is 0. The second kappa shape index (κ2) is 6.41. The van der Waals surface area contributed by atoms with Crippen molar-refractivity contribution in [3.8, 4) is 0 Å². The van der Waals surface area contributed by atoms with E-state index in [2.05, 4.69) is 5.32 Å². The van der Waals surface area contributed by atoms with Gasteiger partial charge in [0.15, 0.2) is 0 Å². The monoisotopic (exact) mass is 330 g/mol. The van der Waals surface area contributed by atoms with E-state index in [9.17, 15) is 18.7 Å². The topological polar surface area (TPSA) is 54.3 Å². The number of benzene rings is 2. The Morgan fingerprint density at radius 1 is 1.21 bits per heavy atom. The molecule has 0 radical (unpaired) electrons. The highest BCUT2D eigenvalue weighted by molar-refractivity contribution is 5.94. The number of fused-ring (bicyclic) bond motifs is 1. The smallest absolute Gasteiger partial charge is 0.254 e. The lowest BCUT2D eigenvalue weighted by Crippen LogP contribution is -2.29. The molecular weight excluding hydrogens is 314 g/mol. The van der Waals surface area contributed by atoms with Gasteiger partial charge < -0.3 is 15.0 Å². The highest BCUT2D eigenvalue weighted by Gasteiger charge is 2.15. The number of carbonyl (C=O) groups is 1. The summed E-state index contributed by atoms with van der Waals surface area (Å²) in [5.74, 6) is -2.39. The van der Waals surface area contributed by atoms with Crippen molar-refractivity contribution in [2.24, 2.45) is 7.05 Å². The Labute approximate surface area is 137 Å². The fourth-order valence-corrected chi connectivity index (χ4v) is 2.58. The molecule has 124 valence electrons. The van der Waals surface area contributed by atoms with Crippen LogP contribution in [-0.4, -0.2) is 22.1 Å². The second-order valence-electron chi connectivity index (χ2n) is 5.59. The van der Waals surface area contributed by atoms with Gasteiger partial charge in [0.05, 0.1) is 11.7 Å². The maximum atomic E-state index is 13.6. The molecular formula is C18H16F2N2O2. The van der Waals surface area contributed by atoms with Gasteiger partial charge in [-0.05, 0) is 41.3 Å². The van der Waals surface area contributed by atoms with E-state index in [0.717, 1.165) is 23.0 Å². The van der Waals surface area contributed by atoms with E-state index in [1.54, 1.807) is 6.07 Å². The molecule has 0 aliphatic carbocycles. The van der Waals surface area contributed by atoms with Gasteiger partial charge in [0.25, 0.3) is 5.91 Å². The van der Waals surface area contributed by atoms with Crippen molar-refractivity contribution < 1.29 is 18.7 Å². The van der Waals surface area contributed by atoms with Crippen molar-refractivity contribution in [2.75, 3.05) is 6.54 Å². The second-order valence-corrected chi connectivity index (χ2v) is 5.59. The van der Waals surface area contributed by atoms with E-state index in [1.165, 1.54) is 0 Å². The molecule has 0 fully saturated rings. The molecule has 4 nitrogen and oxygen atoms in total. The Bertz CT molecular complexity index is 905. The van der Waals surface area contributed by atoms with Crippen molar-refractivity contribution in [2.45, 2.75) is 6.10 Å². The zero-order chi connectivity index (χ0) is 17.3. The number of rotatable bonds is 4. The molecule has 3 rings (SSSR count). The first kappa shape index (κ1) is 16.1. The van der Waals surface area contributed by atoms with Crippen LogP contribution in [0.3, 0.4) is 0 Å². The summed E-state index contributed by atoms with van der Waals surface area (Å²) in [5, 5.41) is 13.7. The van der Waals surface area contributed by atoms with Crippen LogP contribution in [0.25, 0.3) is 10.9 Å². The first-order valence-electron chi connectivity index (χ1n) is 7.42. The van der Waals surface area contributed by atoms with E-state index in [-0.39, 0.29) is 12.1 Å². The highest BCUT2D eigenvalue weighted by atomic mass is 19.1. The summed E-state index contributed by atoms with van der Waals surface area (Å²) in [5.41, 5.74) is 1.42. The van der Waals surface area contributed by atoms with Crippen LogP contribution in [0, 0.1) is 11.6 Å². The Kier molecular flexibility index (Phi) is 4.31. The van der Waals surface area contributed by atoms with Crippen LogP contribution in [-0.2, 0) is 7.05 Å². The molecule has 6 heteroatoms. The number of aryl methyl sites for hydroxylation is 1.